The third-order valence-electron chi connectivity index (χ3n) is 5.09. The molecule has 4 rings (SSSR count). The molecule has 0 amide bonds. The second-order valence-electron chi connectivity index (χ2n) is 9.03. The van der Waals surface area contributed by atoms with Crippen LogP contribution in [0.5, 0.6) is 0 Å². The van der Waals surface area contributed by atoms with Gasteiger partial charge in [-0.05, 0) is 74.5 Å². The average Bonchev–Trinajstić information content (AvgIpc) is 3.01. The zero-order valence-electron chi connectivity index (χ0n) is 25.6. The van der Waals surface area contributed by atoms with Crippen LogP contribution in [-0.2, 0) is 31.9 Å². The Bertz CT molecular complexity index is 903. The molecule has 4 aromatic rings. The number of rotatable bonds is 4. The zero-order chi connectivity index (χ0) is 32.2. The average molecular weight is 1070 g/mol. The van der Waals surface area contributed by atoms with Crippen molar-refractivity contribution in [3.8, 4) is 0 Å². The van der Waals surface area contributed by atoms with Gasteiger partial charge in [0.25, 0.3) is 0 Å². The summed E-state index contributed by atoms with van der Waals surface area (Å²) in [6.45, 7) is 18.1. The fourth-order valence-corrected chi connectivity index (χ4v) is 5.98. The molecule has 0 nitrogen and oxygen atoms in total. The summed E-state index contributed by atoms with van der Waals surface area (Å²) < 4.78 is 0. The maximum atomic E-state index is 4.92. The Morgan fingerprint density at radius 3 is 0.500 bits per heavy atom. The first-order chi connectivity index (χ1) is 20.0. The van der Waals surface area contributed by atoms with Crippen molar-refractivity contribution < 1.29 is 31.9 Å². The van der Waals surface area contributed by atoms with Crippen molar-refractivity contribution in [3.63, 3.8) is 0 Å². The molecule has 0 saturated carbocycles. The molecule has 0 heterocycles. The van der Waals surface area contributed by atoms with Crippen LogP contribution in [0.15, 0.2) is 121 Å². The van der Waals surface area contributed by atoms with E-state index in [0.717, 1.165) is 0 Å². The van der Waals surface area contributed by atoms with Gasteiger partial charge in [-0.2, -0.15) is 0 Å². The third kappa shape index (κ3) is 27.4. The van der Waals surface area contributed by atoms with E-state index in [9.17, 15) is 0 Å². The van der Waals surface area contributed by atoms with Gasteiger partial charge in [0.15, 0.2) is 0 Å². The molecule has 0 N–H and O–H groups in total. The van der Waals surface area contributed by atoms with E-state index >= 15 is 0 Å². The maximum absolute atomic E-state index is 4.92. The van der Waals surface area contributed by atoms with Crippen LogP contribution in [0.1, 0.15) is 0 Å². The molecule has 0 unspecified atom stereocenters. The third-order valence-corrected chi connectivity index (χ3v) is 10.4. The topological polar surface area (TPSA) is 0 Å². The first-order valence-electron chi connectivity index (χ1n) is 12.7. The molecular formula is C32H44Cl4P4Re2. The van der Waals surface area contributed by atoms with Crippen LogP contribution >= 0.6 is 69.8 Å². The summed E-state index contributed by atoms with van der Waals surface area (Å²) in [6, 6.07) is 42.5. The van der Waals surface area contributed by atoms with Gasteiger partial charge in [-0.1, -0.05) is 153 Å². The van der Waals surface area contributed by atoms with Crippen LogP contribution in [0, 0.1) is 0 Å². The van der Waals surface area contributed by atoms with Gasteiger partial charge in [0.2, 0.25) is 0 Å². The number of benzene rings is 4. The number of halogens is 4. The first-order valence-corrected chi connectivity index (χ1v) is 35.1. The van der Waals surface area contributed by atoms with Gasteiger partial charge >= 0.3 is 70.0 Å². The molecule has 0 saturated heterocycles. The second-order valence-corrected chi connectivity index (χ2v) is 26.1. The van der Waals surface area contributed by atoms with Crippen molar-refractivity contribution in [2.45, 2.75) is 0 Å². The van der Waals surface area contributed by atoms with Crippen LogP contribution < -0.4 is 21.2 Å². The second kappa shape index (κ2) is 32.0. The fraction of sp³-hybridized carbons (Fsp3) is 0.250. The standard InChI is InChI=1S/4C8H11P.4ClH.2Re/c4*1-9(2)8-6-4-3-5-7-8;;;;;;/h4*3-7H,1-2H3;4*1H;;/q;;;;;;;;2*+2/p-4. The molecule has 0 bridgehead atoms. The van der Waals surface area contributed by atoms with Crippen molar-refractivity contribution in [2.24, 2.45) is 0 Å². The normalized spacial score (nSPS) is 9.52. The van der Waals surface area contributed by atoms with E-state index in [1.165, 1.54) is 21.2 Å². The monoisotopic (exact) mass is 1070 g/mol. The zero-order valence-corrected chi connectivity index (χ0v) is 37.6. The molecule has 0 aliphatic rings. The van der Waals surface area contributed by atoms with Crippen LogP contribution in [0.3, 0.4) is 0 Å². The van der Waals surface area contributed by atoms with E-state index in [1.807, 2.05) is 0 Å². The quantitative estimate of drug-likeness (QED) is 0.179. The van der Waals surface area contributed by atoms with Crippen molar-refractivity contribution in [1.29, 1.82) is 0 Å². The predicted octanol–water partition coefficient (Wildman–Crippen LogP) is 11.0. The SMILES string of the molecule is CP(C)c1ccccc1.CP(C)c1ccccc1.CP(C)c1ccccc1.CP(C)c1ccccc1.[Cl][Re][Cl].[Cl][Re][Cl]. The van der Waals surface area contributed by atoms with Crippen molar-refractivity contribution >= 4 is 91.0 Å². The predicted molar refractivity (Wildman–Crippen MR) is 203 cm³/mol. The summed E-state index contributed by atoms with van der Waals surface area (Å²) in [5.74, 6) is 0. The number of hydrogen-bond donors (Lipinski definition) is 0. The molecule has 4 aromatic carbocycles. The molecular weight excluding hydrogens is 1020 g/mol. The Morgan fingerprint density at radius 2 is 0.429 bits per heavy atom. The molecule has 10 heteroatoms. The summed E-state index contributed by atoms with van der Waals surface area (Å²) in [7, 11) is 20.1. The Balaban J connectivity index is 0. The Labute approximate surface area is 294 Å². The molecule has 0 radical (unpaired) electrons. The van der Waals surface area contributed by atoms with Crippen LogP contribution in [0.25, 0.3) is 0 Å². The minimum absolute atomic E-state index is 0.104. The van der Waals surface area contributed by atoms with E-state index in [1.54, 1.807) is 0 Å². The summed E-state index contributed by atoms with van der Waals surface area (Å²) in [5.41, 5.74) is 0. The van der Waals surface area contributed by atoms with Crippen molar-refractivity contribution in [3.05, 3.63) is 121 Å². The van der Waals surface area contributed by atoms with Gasteiger partial charge in [-0.15, -0.1) is 0 Å². The van der Waals surface area contributed by atoms with E-state index in [-0.39, 0.29) is 31.7 Å². The van der Waals surface area contributed by atoms with E-state index in [2.05, 4.69) is 175 Å². The summed E-state index contributed by atoms with van der Waals surface area (Å²) in [6.07, 6.45) is 0. The molecule has 234 valence electrons. The van der Waals surface area contributed by atoms with Gasteiger partial charge in [0.05, 0.1) is 0 Å². The summed E-state index contributed by atoms with van der Waals surface area (Å²) in [4.78, 5) is 0. The van der Waals surface area contributed by atoms with Crippen molar-refractivity contribution in [1.82, 2.24) is 0 Å². The first kappa shape index (κ1) is 45.2. The van der Waals surface area contributed by atoms with Crippen LogP contribution in [0.2, 0.25) is 0 Å². The Kier molecular flexibility index (Phi) is 34.5. The molecule has 0 fully saturated rings. The minimum atomic E-state index is -0.722. The van der Waals surface area contributed by atoms with Gasteiger partial charge in [-0.3, -0.25) is 0 Å². The van der Waals surface area contributed by atoms with Crippen molar-refractivity contribution in [2.75, 3.05) is 53.3 Å². The molecule has 0 atom stereocenters. The molecule has 0 aliphatic carbocycles. The molecule has 0 aromatic heterocycles. The molecule has 0 spiro atoms. The van der Waals surface area contributed by atoms with Gasteiger partial charge in [-0.25, -0.2) is 0 Å². The van der Waals surface area contributed by atoms with E-state index in [4.69, 9.17) is 38.1 Å². The van der Waals surface area contributed by atoms with Crippen LogP contribution in [0.4, 0.5) is 0 Å². The van der Waals surface area contributed by atoms with Crippen LogP contribution in [-0.4, -0.2) is 53.3 Å². The molecule has 0 aliphatic heterocycles. The fourth-order valence-electron chi connectivity index (χ4n) is 2.90. The Hall–Kier alpha value is 1.08. The van der Waals surface area contributed by atoms with E-state index < -0.39 is 31.9 Å². The summed E-state index contributed by atoms with van der Waals surface area (Å²) >= 11 is -1.44. The van der Waals surface area contributed by atoms with Gasteiger partial charge in [0, 0.05) is 0 Å². The summed E-state index contributed by atoms with van der Waals surface area (Å²) in [5, 5.41) is 5.92. The van der Waals surface area contributed by atoms with E-state index in [0.29, 0.717) is 0 Å². The number of hydrogen-bond acceptors (Lipinski definition) is 0. The van der Waals surface area contributed by atoms with Gasteiger partial charge < -0.3 is 0 Å². The van der Waals surface area contributed by atoms with Gasteiger partial charge in [0.1, 0.15) is 0 Å². The Morgan fingerprint density at radius 1 is 0.310 bits per heavy atom. The molecule has 42 heavy (non-hydrogen) atoms.